The second kappa shape index (κ2) is 3.03. The van der Waals surface area contributed by atoms with Crippen molar-refractivity contribution < 1.29 is 4.79 Å². The molecule has 1 amide bonds. The molecule has 4 bridgehead atoms. The molecule has 5 aliphatic rings. The quantitative estimate of drug-likeness (QED) is 0.653. The zero-order chi connectivity index (χ0) is 11.6. The Bertz CT molecular complexity index is 387. The normalized spacial score (nSPS) is 53.2. The van der Waals surface area contributed by atoms with Gasteiger partial charge >= 0.3 is 0 Å². The van der Waals surface area contributed by atoms with Crippen LogP contribution in [0.3, 0.4) is 0 Å². The van der Waals surface area contributed by atoms with Crippen molar-refractivity contribution in [1.29, 1.82) is 0 Å². The van der Waals surface area contributed by atoms with Gasteiger partial charge in [-0.1, -0.05) is 0 Å². The van der Waals surface area contributed by atoms with Crippen LogP contribution in [0.5, 0.6) is 0 Å². The van der Waals surface area contributed by atoms with Gasteiger partial charge in [-0.05, 0) is 55.8 Å². The van der Waals surface area contributed by atoms with E-state index in [0.29, 0.717) is 17.8 Å². The van der Waals surface area contributed by atoms with E-state index in [9.17, 15) is 4.79 Å². The zero-order valence-electron chi connectivity index (χ0n) is 10.2. The summed E-state index contributed by atoms with van der Waals surface area (Å²) >= 11 is 0. The van der Waals surface area contributed by atoms with Crippen molar-refractivity contribution in [3.8, 4) is 0 Å². The SMILES string of the molecule is CN=C1NC(=O)C2(N1)C1CC3CC(C1)CC2C3. The molecule has 1 saturated heterocycles. The summed E-state index contributed by atoms with van der Waals surface area (Å²) in [5.74, 6) is 3.73. The molecular formula is C13H19N3O. The molecule has 4 aliphatic carbocycles. The molecule has 4 heteroatoms. The molecular weight excluding hydrogens is 214 g/mol. The molecule has 92 valence electrons. The highest BCUT2D eigenvalue weighted by molar-refractivity contribution is 6.09. The number of nitrogens with zero attached hydrogens (tertiary/aromatic N) is 1. The minimum atomic E-state index is -0.303. The molecule has 0 radical (unpaired) electrons. The van der Waals surface area contributed by atoms with E-state index in [1.807, 2.05) is 0 Å². The second-order valence-corrected chi connectivity index (χ2v) is 6.32. The van der Waals surface area contributed by atoms with E-state index in [1.54, 1.807) is 7.05 Å². The maximum atomic E-state index is 12.4. The third-order valence-corrected chi connectivity index (χ3v) is 5.58. The van der Waals surface area contributed by atoms with E-state index < -0.39 is 0 Å². The molecule has 0 unspecified atom stereocenters. The summed E-state index contributed by atoms with van der Waals surface area (Å²) in [7, 11) is 1.73. The number of amides is 1. The summed E-state index contributed by atoms with van der Waals surface area (Å²) in [5.41, 5.74) is -0.303. The van der Waals surface area contributed by atoms with Gasteiger partial charge in [-0.25, -0.2) is 0 Å². The zero-order valence-corrected chi connectivity index (χ0v) is 10.2. The highest BCUT2D eigenvalue weighted by Crippen LogP contribution is 2.58. The first-order valence-electron chi connectivity index (χ1n) is 6.78. The largest absolute Gasteiger partial charge is 0.341 e. The first-order valence-corrected chi connectivity index (χ1v) is 6.78. The smallest absolute Gasteiger partial charge is 0.252 e. The van der Waals surface area contributed by atoms with Crippen molar-refractivity contribution in [2.24, 2.45) is 28.7 Å². The molecule has 0 aromatic heterocycles. The van der Waals surface area contributed by atoms with Gasteiger partial charge in [0.15, 0.2) is 5.96 Å². The highest BCUT2D eigenvalue weighted by Gasteiger charge is 2.63. The van der Waals surface area contributed by atoms with E-state index >= 15 is 0 Å². The molecule has 4 nitrogen and oxygen atoms in total. The van der Waals surface area contributed by atoms with Crippen LogP contribution in [0.2, 0.25) is 0 Å². The van der Waals surface area contributed by atoms with Crippen LogP contribution >= 0.6 is 0 Å². The third kappa shape index (κ3) is 1.09. The molecule has 0 atom stereocenters. The Morgan fingerprint density at radius 1 is 1.12 bits per heavy atom. The lowest BCUT2D eigenvalue weighted by Gasteiger charge is -2.58. The second-order valence-electron chi connectivity index (χ2n) is 6.32. The van der Waals surface area contributed by atoms with Crippen molar-refractivity contribution in [2.45, 2.75) is 37.6 Å². The van der Waals surface area contributed by atoms with Gasteiger partial charge in [-0.2, -0.15) is 0 Å². The number of aliphatic imine (C=N–C) groups is 1. The number of guanidine groups is 1. The van der Waals surface area contributed by atoms with Crippen molar-refractivity contribution >= 4 is 11.9 Å². The molecule has 17 heavy (non-hydrogen) atoms. The number of hydrogen-bond donors (Lipinski definition) is 2. The van der Waals surface area contributed by atoms with Crippen LogP contribution in [0.25, 0.3) is 0 Å². The van der Waals surface area contributed by atoms with Gasteiger partial charge in [0.1, 0.15) is 5.54 Å². The van der Waals surface area contributed by atoms with Crippen LogP contribution in [-0.4, -0.2) is 24.5 Å². The fourth-order valence-corrected chi connectivity index (χ4v) is 5.11. The van der Waals surface area contributed by atoms with Crippen LogP contribution < -0.4 is 10.6 Å². The molecule has 0 aromatic carbocycles. The highest BCUT2D eigenvalue weighted by atomic mass is 16.2. The maximum absolute atomic E-state index is 12.4. The van der Waals surface area contributed by atoms with Crippen LogP contribution in [0, 0.1) is 23.7 Å². The van der Waals surface area contributed by atoms with Crippen molar-refractivity contribution in [1.82, 2.24) is 10.6 Å². The van der Waals surface area contributed by atoms with Crippen molar-refractivity contribution in [3.05, 3.63) is 0 Å². The van der Waals surface area contributed by atoms with Crippen LogP contribution in [0.4, 0.5) is 0 Å². The first-order chi connectivity index (χ1) is 8.22. The lowest BCUT2D eigenvalue weighted by Crippen LogP contribution is -2.66. The van der Waals surface area contributed by atoms with Crippen molar-refractivity contribution in [3.63, 3.8) is 0 Å². The fraction of sp³-hybridized carbons (Fsp3) is 0.846. The van der Waals surface area contributed by atoms with Crippen LogP contribution in [0.15, 0.2) is 4.99 Å². The molecule has 1 aliphatic heterocycles. The maximum Gasteiger partial charge on any atom is 0.252 e. The predicted molar refractivity (Wildman–Crippen MR) is 64.4 cm³/mol. The summed E-state index contributed by atoms with van der Waals surface area (Å²) in [6, 6.07) is 0. The Kier molecular flexibility index (Phi) is 1.77. The van der Waals surface area contributed by atoms with Gasteiger partial charge in [0.05, 0.1) is 0 Å². The van der Waals surface area contributed by atoms with Gasteiger partial charge in [0, 0.05) is 7.05 Å². The Labute approximate surface area is 101 Å². The summed E-state index contributed by atoms with van der Waals surface area (Å²) in [5, 5.41) is 6.36. The average molecular weight is 233 g/mol. The number of rotatable bonds is 0. The van der Waals surface area contributed by atoms with Gasteiger partial charge in [0.25, 0.3) is 5.91 Å². The number of hydrogen-bond acceptors (Lipinski definition) is 2. The number of carbonyl (C=O) groups excluding carboxylic acids is 1. The molecule has 5 rings (SSSR count). The lowest BCUT2D eigenvalue weighted by molar-refractivity contribution is -0.140. The Morgan fingerprint density at radius 3 is 2.18 bits per heavy atom. The first kappa shape index (κ1) is 9.92. The average Bonchev–Trinajstić information content (AvgIpc) is 2.64. The third-order valence-electron chi connectivity index (χ3n) is 5.58. The van der Waals surface area contributed by atoms with Gasteiger partial charge in [0.2, 0.25) is 0 Å². The van der Waals surface area contributed by atoms with Gasteiger partial charge in [-0.3, -0.25) is 15.1 Å². The Morgan fingerprint density at radius 2 is 1.71 bits per heavy atom. The van der Waals surface area contributed by atoms with E-state index in [0.717, 1.165) is 11.8 Å². The number of carbonyl (C=O) groups is 1. The lowest BCUT2D eigenvalue weighted by atomic mass is 9.48. The molecule has 4 saturated carbocycles. The monoisotopic (exact) mass is 233 g/mol. The van der Waals surface area contributed by atoms with Gasteiger partial charge < -0.3 is 5.32 Å². The molecule has 0 aromatic rings. The molecule has 5 fully saturated rings. The molecule has 1 spiro atoms. The van der Waals surface area contributed by atoms with E-state index in [4.69, 9.17) is 0 Å². The molecule has 2 N–H and O–H groups in total. The fourth-order valence-electron chi connectivity index (χ4n) is 5.11. The summed E-state index contributed by atoms with van der Waals surface area (Å²) in [4.78, 5) is 16.5. The minimum absolute atomic E-state index is 0.187. The van der Waals surface area contributed by atoms with E-state index in [-0.39, 0.29) is 11.4 Å². The minimum Gasteiger partial charge on any atom is -0.341 e. The summed E-state index contributed by atoms with van der Waals surface area (Å²) < 4.78 is 0. The number of nitrogens with one attached hydrogen (secondary N) is 2. The molecule has 1 heterocycles. The summed E-state index contributed by atoms with van der Waals surface area (Å²) in [6.45, 7) is 0. The standard InChI is InChI=1S/C13H19N3O/c1-14-12-15-11(17)13(16-12)9-3-7-2-8(5-9)6-10(13)4-7/h7-10H,2-6H2,1H3,(H2,14,15,16,17). The predicted octanol–water partition coefficient (Wildman–Crippen LogP) is 0.886. The van der Waals surface area contributed by atoms with Crippen LogP contribution in [-0.2, 0) is 4.79 Å². The topological polar surface area (TPSA) is 53.5 Å². The summed E-state index contributed by atoms with van der Waals surface area (Å²) in [6.07, 6.45) is 6.38. The van der Waals surface area contributed by atoms with E-state index in [2.05, 4.69) is 15.6 Å². The van der Waals surface area contributed by atoms with Gasteiger partial charge in [-0.15, -0.1) is 0 Å². The Hall–Kier alpha value is -1.06. The van der Waals surface area contributed by atoms with Crippen molar-refractivity contribution in [2.75, 3.05) is 7.05 Å². The Balaban J connectivity index is 1.76. The van der Waals surface area contributed by atoms with Crippen LogP contribution in [0.1, 0.15) is 32.1 Å². The van der Waals surface area contributed by atoms with E-state index in [1.165, 1.54) is 32.1 Å².